The van der Waals surface area contributed by atoms with Crippen molar-refractivity contribution >= 4 is 5.97 Å². The van der Waals surface area contributed by atoms with E-state index in [1.165, 1.54) is 21.1 Å². The van der Waals surface area contributed by atoms with Gasteiger partial charge in [0.2, 0.25) is 5.75 Å². The zero-order valence-corrected chi connectivity index (χ0v) is 9.29. The second-order valence-corrected chi connectivity index (χ2v) is 3.04. The lowest BCUT2D eigenvalue weighted by molar-refractivity contribution is -0.132. The molecule has 0 atom stereocenters. The van der Waals surface area contributed by atoms with Crippen molar-refractivity contribution < 1.29 is 19.0 Å². The molecule has 82 valence electrons. The van der Waals surface area contributed by atoms with Crippen LogP contribution in [0.3, 0.4) is 0 Å². The normalized spacial score (nSPS) is 9.60. The molecule has 0 saturated carbocycles. The molecule has 1 aromatic rings. The molecule has 0 unspecified atom stereocenters. The Labute approximate surface area is 88.8 Å². The Bertz CT molecular complexity index is 371. The molecule has 1 aromatic carbocycles. The Kier molecular flexibility index (Phi) is 3.55. The fourth-order valence-electron chi connectivity index (χ4n) is 1.30. The van der Waals surface area contributed by atoms with Crippen molar-refractivity contribution in [1.82, 2.24) is 0 Å². The van der Waals surface area contributed by atoms with Gasteiger partial charge in [0.25, 0.3) is 0 Å². The molecule has 0 heterocycles. The summed E-state index contributed by atoms with van der Waals surface area (Å²) >= 11 is 0. The molecule has 0 aromatic heterocycles. The van der Waals surface area contributed by atoms with Crippen LogP contribution in [-0.2, 0) is 4.79 Å². The van der Waals surface area contributed by atoms with Gasteiger partial charge in [-0.3, -0.25) is 4.79 Å². The van der Waals surface area contributed by atoms with E-state index >= 15 is 0 Å². The number of hydrogen-bond acceptors (Lipinski definition) is 4. The molecule has 15 heavy (non-hydrogen) atoms. The largest absolute Gasteiger partial charge is 0.493 e. The maximum absolute atomic E-state index is 10.9. The molecule has 0 N–H and O–H groups in total. The highest BCUT2D eigenvalue weighted by atomic mass is 16.6. The number of rotatable bonds is 3. The molecule has 0 spiro atoms. The van der Waals surface area contributed by atoms with Crippen LogP contribution in [0, 0.1) is 6.92 Å². The topological polar surface area (TPSA) is 44.8 Å². The molecule has 0 amide bonds. The van der Waals surface area contributed by atoms with E-state index in [0.717, 1.165) is 5.56 Å². The maximum Gasteiger partial charge on any atom is 0.308 e. The van der Waals surface area contributed by atoms with Crippen LogP contribution in [0.1, 0.15) is 12.5 Å². The lowest BCUT2D eigenvalue weighted by Gasteiger charge is -2.13. The smallest absolute Gasteiger partial charge is 0.308 e. The first kappa shape index (κ1) is 11.4. The Morgan fingerprint density at radius 2 is 1.80 bits per heavy atom. The van der Waals surface area contributed by atoms with E-state index in [1.54, 1.807) is 6.07 Å². The summed E-state index contributed by atoms with van der Waals surface area (Å²) in [5.41, 5.74) is 0.884. The van der Waals surface area contributed by atoms with E-state index in [9.17, 15) is 4.79 Å². The van der Waals surface area contributed by atoms with Gasteiger partial charge in [-0.05, 0) is 18.6 Å². The van der Waals surface area contributed by atoms with Crippen molar-refractivity contribution in [1.29, 1.82) is 0 Å². The molecule has 0 saturated heterocycles. The molecular weight excluding hydrogens is 196 g/mol. The van der Waals surface area contributed by atoms with Gasteiger partial charge < -0.3 is 14.2 Å². The van der Waals surface area contributed by atoms with Gasteiger partial charge in [0.15, 0.2) is 11.5 Å². The van der Waals surface area contributed by atoms with Gasteiger partial charge in [-0.2, -0.15) is 0 Å². The summed E-state index contributed by atoms with van der Waals surface area (Å²) in [5.74, 6) is 0.918. The monoisotopic (exact) mass is 210 g/mol. The third-order valence-electron chi connectivity index (χ3n) is 1.94. The van der Waals surface area contributed by atoms with Crippen LogP contribution in [-0.4, -0.2) is 20.2 Å². The molecular formula is C11H14O4. The molecule has 0 aliphatic rings. The van der Waals surface area contributed by atoms with E-state index in [4.69, 9.17) is 14.2 Å². The van der Waals surface area contributed by atoms with Crippen LogP contribution < -0.4 is 14.2 Å². The van der Waals surface area contributed by atoms with Gasteiger partial charge in [0.05, 0.1) is 14.2 Å². The maximum atomic E-state index is 10.9. The van der Waals surface area contributed by atoms with Crippen LogP contribution in [0.15, 0.2) is 12.1 Å². The van der Waals surface area contributed by atoms with Crippen LogP contribution in [0.2, 0.25) is 0 Å². The lowest BCUT2D eigenvalue weighted by atomic mass is 10.2. The van der Waals surface area contributed by atoms with Crippen LogP contribution in [0.4, 0.5) is 0 Å². The highest BCUT2D eigenvalue weighted by Gasteiger charge is 2.15. The third-order valence-corrected chi connectivity index (χ3v) is 1.94. The van der Waals surface area contributed by atoms with Crippen LogP contribution >= 0.6 is 0 Å². The summed E-state index contributed by atoms with van der Waals surface area (Å²) < 4.78 is 15.3. The number of aryl methyl sites for hydroxylation is 1. The standard InChI is InChI=1S/C11H14O4/c1-7-5-6-9(13-3)11(10(7)14-4)15-8(2)12/h5-6H,1-4H3. The predicted molar refractivity (Wildman–Crippen MR) is 55.6 cm³/mol. The molecule has 0 bridgehead atoms. The van der Waals surface area contributed by atoms with Crippen LogP contribution in [0.5, 0.6) is 17.2 Å². The molecule has 4 heteroatoms. The van der Waals surface area contributed by atoms with Crippen LogP contribution in [0.25, 0.3) is 0 Å². The first-order chi connectivity index (χ1) is 7.10. The quantitative estimate of drug-likeness (QED) is 0.565. The number of carbonyl (C=O) groups is 1. The fourth-order valence-corrected chi connectivity index (χ4v) is 1.30. The number of esters is 1. The van der Waals surface area contributed by atoms with E-state index in [2.05, 4.69) is 0 Å². The van der Waals surface area contributed by atoms with Crippen molar-refractivity contribution in [3.8, 4) is 17.2 Å². The number of methoxy groups -OCH3 is 2. The van der Waals surface area contributed by atoms with E-state index in [1.807, 2.05) is 13.0 Å². The van der Waals surface area contributed by atoms with Gasteiger partial charge in [-0.15, -0.1) is 0 Å². The third kappa shape index (κ3) is 2.40. The van der Waals surface area contributed by atoms with E-state index in [-0.39, 0.29) is 0 Å². The minimum Gasteiger partial charge on any atom is -0.493 e. The van der Waals surface area contributed by atoms with Crippen molar-refractivity contribution in [2.24, 2.45) is 0 Å². The Hall–Kier alpha value is -1.71. The van der Waals surface area contributed by atoms with Crippen molar-refractivity contribution in [2.75, 3.05) is 14.2 Å². The predicted octanol–water partition coefficient (Wildman–Crippen LogP) is 1.94. The van der Waals surface area contributed by atoms with E-state index < -0.39 is 5.97 Å². The highest BCUT2D eigenvalue weighted by Crippen LogP contribution is 2.39. The summed E-state index contributed by atoms with van der Waals surface area (Å²) in [7, 11) is 3.03. The van der Waals surface area contributed by atoms with Gasteiger partial charge >= 0.3 is 5.97 Å². The van der Waals surface area contributed by atoms with Gasteiger partial charge in [-0.25, -0.2) is 0 Å². The number of hydrogen-bond donors (Lipinski definition) is 0. The lowest BCUT2D eigenvalue weighted by Crippen LogP contribution is -2.05. The summed E-state index contributed by atoms with van der Waals surface area (Å²) in [6.45, 7) is 3.20. The van der Waals surface area contributed by atoms with Gasteiger partial charge in [-0.1, -0.05) is 6.07 Å². The SMILES string of the molecule is COc1ccc(C)c(OC)c1OC(C)=O. The van der Waals surface area contributed by atoms with Crippen molar-refractivity contribution in [2.45, 2.75) is 13.8 Å². The van der Waals surface area contributed by atoms with Gasteiger partial charge in [0, 0.05) is 6.92 Å². The molecule has 1 rings (SSSR count). The van der Waals surface area contributed by atoms with Gasteiger partial charge in [0.1, 0.15) is 0 Å². The molecule has 4 nitrogen and oxygen atoms in total. The summed E-state index contributed by atoms with van der Waals surface area (Å²) in [4.78, 5) is 10.9. The van der Waals surface area contributed by atoms with Crippen molar-refractivity contribution in [3.63, 3.8) is 0 Å². The van der Waals surface area contributed by atoms with E-state index in [0.29, 0.717) is 17.2 Å². The zero-order chi connectivity index (χ0) is 11.4. The summed E-state index contributed by atoms with van der Waals surface area (Å²) in [6.07, 6.45) is 0. The minimum absolute atomic E-state index is 0.326. The average Bonchev–Trinajstić information content (AvgIpc) is 2.18. The Balaban J connectivity index is 3.26. The number of carbonyl (C=O) groups excluding carboxylic acids is 1. The fraction of sp³-hybridized carbons (Fsp3) is 0.364. The second-order valence-electron chi connectivity index (χ2n) is 3.04. The second kappa shape index (κ2) is 4.68. The molecule has 0 aliphatic carbocycles. The first-order valence-electron chi connectivity index (χ1n) is 4.50. The highest BCUT2D eigenvalue weighted by molar-refractivity contribution is 5.72. The number of ether oxygens (including phenoxy) is 3. The zero-order valence-electron chi connectivity index (χ0n) is 9.29. The minimum atomic E-state index is -0.405. The Morgan fingerprint density at radius 3 is 2.27 bits per heavy atom. The molecule has 0 aliphatic heterocycles. The Morgan fingerprint density at radius 1 is 1.13 bits per heavy atom. The van der Waals surface area contributed by atoms with Crippen molar-refractivity contribution in [3.05, 3.63) is 17.7 Å². The summed E-state index contributed by atoms with van der Waals surface area (Å²) in [6, 6.07) is 3.57. The molecule has 0 fully saturated rings. The first-order valence-corrected chi connectivity index (χ1v) is 4.50. The summed E-state index contributed by atoms with van der Waals surface area (Å²) in [5, 5.41) is 0. The molecule has 0 radical (unpaired) electrons. The number of benzene rings is 1. The average molecular weight is 210 g/mol.